The van der Waals surface area contributed by atoms with Gasteiger partial charge in [-0.05, 0) is 12.3 Å². The number of rotatable bonds is 2. The van der Waals surface area contributed by atoms with Crippen molar-refractivity contribution in [3.8, 4) is 0 Å². The molecule has 6 heteroatoms. The number of nitrogen functional groups attached to an aromatic ring is 1. The molecule has 0 saturated carbocycles. The topological polar surface area (TPSA) is 84.1 Å². The van der Waals surface area contributed by atoms with Gasteiger partial charge in [-0.1, -0.05) is 6.92 Å². The number of nitrogens with one attached hydrogen (secondary N) is 1. The Balaban J connectivity index is 2.14. The minimum Gasteiger partial charge on any atom is -0.337 e. The predicted octanol–water partition coefficient (Wildman–Crippen LogP) is 0.244. The van der Waals surface area contributed by atoms with E-state index in [1.165, 1.54) is 12.4 Å². The second-order valence-corrected chi connectivity index (χ2v) is 4.08. The quantitative estimate of drug-likeness (QED) is 0.552. The molecule has 6 nitrogen and oxygen atoms in total. The number of carbonyl (C=O) groups is 1. The first-order valence-corrected chi connectivity index (χ1v) is 5.28. The number of anilines is 1. The number of hydrazine groups is 1. The Morgan fingerprint density at radius 3 is 3.06 bits per heavy atom. The first kappa shape index (κ1) is 10.8. The first-order valence-electron chi connectivity index (χ1n) is 5.28. The number of nitrogens with zero attached hydrogens (tertiary/aromatic N) is 3. The summed E-state index contributed by atoms with van der Waals surface area (Å²) in [6, 6.07) is 0. The van der Waals surface area contributed by atoms with Crippen molar-refractivity contribution in [3.05, 3.63) is 18.1 Å². The van der Waals surface area contributed by atoms with Gasteiger partial charge in [0.2, 0.25) is 0 Å². The van der Waals surface area contributed by atoms with E-state index in [-0.39, 0.29) is 5.91 Å². The molecule has 0 spiro atoms. The van der Waals surface area contributed by atoms with Crippen molar-refractivity contribution >= 4 is 11.7 Å². The molecule has 1 saturated heterocycles. The Morgan fingerprint density at radius 1 is 1.62 bits per heavy atom. The number of carbonyl (C=O) groups excluding carboxylic acids is 1. The lowest BCUT2D eigenvalue weighted by Gasteiger charge is -2.15. The first-order chi connectivity index (χ1) is 7.70. The number of nitrogens with two attached hydrogens (primary N) is 1. The van der Waals surface area contributed by atoms with Crippen LogP contribution < -0.4 is 11.3 Å². The molecule has 1 aromatic rings. The van der Waals surface area contributed by atoms with E-state index < -0.39 is 0 Å². The molecule has 1 aliphatic heterocycles. The molecule has 1 fully saturated rings. The molecular weight excluding hydrogens is 206 g/mol. The van der Waals surface area contributed by atoms with Crippen molar-refractivity contribution in [2.45, 2.75) is 13.3 Å². The van der Waals surface area contributed by atoms with E-state index in [0.717, 1.165) is 19.5 Å². The summed E-state index contributed by atoms with van der Waals surface area (Å²) >= 11 is 0. The Hall–Kier alpha value is -1.69. The van der Waals surface area contributed by atoms with E-state index in [1.54, 1.807) is 4.90 Å². The molecule has 0 bridgehead atoms. The van der Waals surface area contributed by atoms with Gasteiger partial charge < -0.3 is 10.3 Å². The molecule has 16 heavy (non-hydrogen) atoms. The van der Waals surface area contributed by atoms with Gasteiger partial charge in [0.1, 0.15) is 5.69 Å². The number of hydrogen-bond donors (Lipinski definition) is 2. The van der Waals surface area contributed by atoms with Crippen LogP contribution in [-0.4, -0.2) is 33.9 Å². The lowest BCUT2D eigenvalue weighted by atomic mass is 10.2. The molecule has 0 aromatic carbocycles. The predicted molar refractivity (Wildman–Crippen MR) is 59.5 cm³/mol. The molecule has 0 radical (unpaired) electrons. The molecule has 2 heterocycles. The second-order valence-electron chi connectivity index (χ2n) is 4.08. The Bertz CT molecular complexity index is 395. The zero-order chi connectivity index (χ0) is 11.5. The van der Waals surface area contributed by atoms with E-state index in [0.29, 0.717) is 17.4 Å². The van der Waals surface area contributed by atoms with Crippen LogP contribution in [0.5, 0.6) is 0 Å². The molecule has 1 aromatic heterocycles. The van der Waals surface area contributed by atoms with Gasteiger partial charge >= 0.3 is 0 Å². The van der Waals surface area contributed by atoms with Crippen LogP contribution in [0.3, 0.4) is 0 Å². The molecule has 1 unspecified atom stereocenters. The van der Waals surface area contributed by atoms with Crippen LogP contribution in [0.25, 0.3) is 0 Å². The van der Waals surface area contributed by atoms with Gasteiger partial charge in [0.05, 0.1) is 12.4 Å². The largest absolute Gasteiger partial charge is 0.337 e. The maximum Gasteiger partial charge on any atom is 0.274 e. The number of likely N-dealkylation sites (tertiary alicyclic amines) is 1. The Kier molecular flexibility index (Phi) is 3.00. The molecular formula is C10H15N5O. The lowest BCUT2D eigenvalue weighted by Crippen LogP contribution is -2.29. The lowest BCUT2D eigenvalue weighted by molar-refractivity contribution is 0.0782. The summed E-state index contributed by atoms with van der Waals surface area (Å²) in [6.45, 7) is 3.72. The summed E-state index contributed by atoms with van der Waals surface area (Å²) in [6.07, 6.45) is 3.99. The highest BCUT2D eigenvalue weighted by Crippen LogP contribution is 2.17. The fourth-order valence-electron chi connectivity index (χ4n) is 1.82. The van der Waals surface area contributed by atoms with Crippen molar-refractivity contribution in [1.29, 1.82) is 0 Å². The number of amides is 1. The molecule has 3 N–H and O–H groups in total. The van der Waals surface area contributed by atoms with Crippen molar-refractivity contribution in [2.75, 3.05) is 18.5 Å². The fourth-order valence-corrected chi connectivity index (χ4v) is 1.82. The van der Waals surface area contributed by atoms with Gasteiger partial charge in [-0.25, -0.2) is 10.8 Å². The second kappa shape index (κ2) is 4.44. The SMILES string of the molecule is CC1CCN(C(=O)c2cncc(NN)n2)C1. The third-order valence-electron chi connectivity index (χ3n) is 2.71. The Labute approximate surface area is 93.8 Å². The van der Waals surface area contributed by atoms with Crippen LogP contribution >= 0.6 is 0 Å². The maximum atomic E-state index is 12.0. The van der Waals surface area contributed by atoms with Crippen molar-refractivity contribution < 1.29 is 4.79 Å². The molecule has 1 amide bonds. The normalized spacial score (nSPS) is 19.9. The van der Waals surface area contributed by atoms with E-state index in [1.807, 2.05) is 0 Å². The number of aromatic nitrogens is 2. The van der Waals surface area contributed by atoms with Crippen LogP contribution in [0.15, 0.2) is 12.4 Å². The van der Waals surface area contributed by atoms with E-state index in [2.05, 4.69) is 22.3 Å². The van der Waals surface area contributed by atoms with Gasteiger partial charge in [-0.3, -0.25) is 9.78 Å². The van der Waals surface area contributed by atoms with Crippen LogP contribution in [0.4, 0.5) is 5.82 Å². The highest BCUT2D eigenvalue weighted by molar-refractivity contribution is 5.92. The Morgan fingerprint density at radius 2 is 2.44 bits per heavy atom. The number of hydrogen-bond acceptors (Lipinski definition) is 5. The minimum absolute atomic E-state index is 0.0750. The van der Waals surface area contributed by atoms with Crippen molar-refractivity contribution in [2.24, 2.45) is 11.8 Å². The third kappa shape index (κ3) is 2.11. The standard InChI is InChI=1S/C10H15N5O/c1-7-2-3-15(6-7)10(16)8-4-12-5-9(13-8)14-11/h4-5,7H,2-3,6,11H2,1H3,(H,13,14). The fraction of sp³-hybridized carbons (Fsp3) is 0.500. The summed E-state index contributed by atoms with van der Waals surface area (Å²) in [4.78, 5) is 21.8. The minimum atomic E-state index is -0.0750. The van der Waals surface area contributed by atoms with E-state index in [9.17, 15) is 4.79 Å². The molecule has 2 rings (SSSR count). The van der Waals surface area contributed by atoms with Gasteiger partial charge in [0.25, 0.3) is 5.91 Å². The monoisotopic (exact) mass is 221 g/mol. The molecule has 86 valence electrons. The highest BCUT2D eigenvalue weighted by atomic mass is 16.2. The van der Waals surface area contributed by atoms with E-state index in [4.69, 9.17) is 5.84 Å². The van der Waals surface area contributed by atoms with Gasteiger partial charge in [-0.2, -0.15) is 0 Å². The van der Waals surface area contributed by atoms with Crippen LogP contribution in [0.1, 0.15) is 23.8 Å². The average molecular weight is 221 g/mol. The van der Waals surface area contributed by atoms with Crippen LogP contribution in [0, 0.1) is 5.92 Å². The summed E-state index contributed by atoms with van der Waals surface area (Å²) in [5.74, 6) is 6.11. The average Bonchev–Trinajstić information content (AvgIpc) is 2.75. The van der Waals surface area contributed by atoms with Gasteiger partial charge in [0, 0.05) is 13.1 Å². The van der Waals surface area contributed by atoms with Gasteiger partial charge in [0.15, 0.2) is 5.82 Å². The van der Waals surface area contributed by atoms with Crippen molar-refractivity contribution in [3.63, 3.8) is 0 Å². The smallest absolute Gasteiger partial charge is 0.274 e. The van der Waals surface area contributed by atoms with Gasteiger partial charge in [-0.15, -0.1) is 0 Å². The maximum absolute atomic E-state index is 12.0. The summed E-state index contributed by atoms with van der Waals surface area (Å²) in [7, 11) is 0. The van der Waals surface area contributed by atoms with Crippen LogP contribution in [0.2, 0.25) is 0 Å². The van der Waals surface area contributed by atoms with Crippen LogP contribution in [-0.2, 0) is 0 Å². The summed E-state index contributed by atoms with van der Waals surface area (Å²) < 4.78 is 0. The third-order valence-corrected chi connectivity index (χ3v) is 2.71. The van der Waals surface area contributed by atoms with Crippen molar-refractivity contribution in [1.82, 2.24) is 14.9 Å². The van der Waals surface area contributed by atoms with E-state index >= 15 is 0 Å². The zero-order valence-electron chi connectivity index (χ0n) is 9.18. The summed E-state index contributed by atoms with van der Waals surface area (Å²) in [5, 5.41) is 0. The highest BCUT2D eigenvalue weighted by Gasteiger charge is 2.25. The summed E-state index contributed by atoms with van der Waals surface area (Å²) in [5.41, 5.74) is 2.71. The molecule has 1 atom stereocenters. The molecule has 0 aliphatic carbocycles. The zero-order valence-corrected chi connectivity index (χ0v) is 9.18. The molecule has 1 aliphatic rings.